The summed E-state index contributed by atoms with van der Waals surface area (Å²) in [7, 11) is 0. The van der Waals surface area contributed by atoms with Crippen LogP contribution in [0, 0.1) is 5.92 Å². The predicted molar refractivity (Wildman–Crippen MR) is 173 cm³/mol. The van der Waals surface area contributed by atoms with Crippen molar-refractivity contribution >= 4 is 0 Å². The van der Waals surface area contributed by atoms with Crippen LogP contribution in [-0.4, -0.2) is 115 Å². The van der Waals surface area contributed by atoms with Crippen molar-refractivity contribution in [1.82, 2.24) is 0 Å². The van der Waals surface area contributed by atoms with Gasteiger partial charge < -0.3 is 43.4 Å². The minimum atomic E-state index is -0.150. The highest BCUT2D eigenvalue weighted by atomic mass is 16.6. The Bertz CT molecular complexity index is 498. The van der Waals surface area contributed by atoms with Gasteiger partial charge in [0.05, 0.1) is 92.0 Å². The lowest BCUT2D eigenvalue weighted by atomic mass is 9.91. The SMILES string of the molecule is CCCCCCCCCCOCCCC(CCCCCC)C(CO)OCCOCCOCCOCCOCCOCCO. The normalized spacial score (nSPS) is 13.1. The average molecular weight is 623 g/mol. The van der Waals surface area contributed by atoms with Crippen LogP contribution in [0.25, 0.3) is 0 Å². The number of hydrogen-bond donors (Lipinski definition) is 2. The Morgan fingerprint density at radius 3 is 1.30 bits per heavy atom. The highest BCUT2D eigenvalue weighted by molar-refractivity contribution is 4.71. The molecule has 0 aromatic heterocycles. The molecule has 0 radical (unpaired) electrons. The summed E-state index contributed by atoms with van der Waals surface area (Å²) in [5.74, 6) is 0.349. The van der Waals surface area contributed by atoms with Gasteiger partial charge in [0.2, 0.25) is 0 Å². The second-order valence-electron chi connectivity index (χ2n) is 11.2. The lowest BCUT2D eigenvalue weighted by molar-refractivity contribution is -0.0582. The highest BCUT2D eigenvalue weighted by Crippen LogP contribution is 2.22. The number of rotatable bonds is 38. The van der Waals surface area contributed by atoms with Crippen LogP contribution in [0.15, 0.2) is 0 Å². The van der Waals surface area contributed by atoms with Crippen molar-refractivity contribution in [2.45, 2.75) is 116 Å². The third kappa shape index (κ3) is 32.8. The summed E-state index contributed by atoms with van der Waals surface area (Å²) in [5.41, 5.74) is 0. The summed E-state index contributed by atoms with van der Waals surface area (Å²) in [6.45, 7) is 11.5. The maximum Gasteiger partial charge on any atom is 0.0834 e. The molecule has 0 rings (SSSR count). The van der Waals surface area contributed by atoms with E-state index in [2.05, 4.69) is 13.8 Å². The standard InChI is InChI=1S/C34H70O9/c1-3-5-7-9-10-11-12-14-19-37-20-15-17-33(16-13-8-6-4-2)34(32-36)43-31-30-42-29-28-41-27-26-40-25-24-39-23-22-38-21-18-35/h33-36H,3-32H2,1-2H3. The van der Waals surface area contributed by atoms with Crippen molar-refractivity contribution in [2.75, 3.05) is 99.1 Å². The molecule has 260 valence electrons. The number of aliphatic hydroxyl groups excluding tert-OH is 2. The van der Waals surface area contributed by atoms with Crippen LogP contribution in [0.1, 0.15) is 110 Å². The molecule has 0 heterocycles. The Kier molecular flexibility index (Phi) is 37.5. The molecule has 9 nitrogen and oxygen atoms in total. The topological polar surface area (TPSA) is 105 Å². The zero-order valence-corrected chi connectivity index (χ0v) is 28.1. The minimum absolute atomic E-state index is 0.0296. The van der Waals surface area contributed by atoms with Gasteiger partial charge in [-0.3, -0.25) is 0 Å². The van der Waals surface area contributed by atoms with Crippen molar-refractivity contribution in [3.8, 4) is 0 Å². The first-order valence-electron chi connectivity index (χ1n) is 17.6. The maximum atomic E-state index is 10.1. The van der Waals surface area contributed by atoms with Crippen molar-refractivity contribution in [1.29, 1.82) is 0 Å². The number of ether oxygens (including phenoxy) is 7. The molecule has 0 saturated heterocycles. The molecule has 0 aromatic carbocycles. The molecule has 0 aromatic rings. The molecule has 2 N–H and O–H groups in total. The highest BCUT2D eigenvalue weighted by Gasteiger charge is 2.21. The summed E-state index contributed by atoms with van der Waals surface area (Å²) >= 11 is 0. The van der Waals surface area contributed by atoms with E-state index >= 15 is 0 Å². The van der Waals surface area contributed by atoms with Gasteiger partial charge in [0, 0.05) is 13.2 Å². The first kappa shape index (κ1) is 42.6. The van der Waals surface area contributed by atoms with E-state index in [4.69, 9.17) is 38.3 Å². The average Bonchev–Trinajstić information content (AvgIpc) is 3.02. The van der Waals surface area contributed by atoms with Crippen LogP contribution in [0.2, 0.25) is 0 Å². The lowest BCUT2D eigenvalue weighted by Gasteiger charge is -2.26. The van der Waals surface area contributed by atoms with E-state index in [1.807, 2.05) is 0 Å². The Labute approximate surface area is 264 Å². The predicted octanol–water partition coefficient (Wildman–Crippen LogP) is 5.96. The first-order valence-corrected chi connectivity index (χ1v) is 17.6. The summed E-state index contributed by atoms with van der Waals surface area (Å²) in [6, 6.07) is 0. The van der Waals surface area contributed by atoms with Crippen LogP contribution in [0.4, 0.5) is 0 Å². The molecule has 43 heavy (non-hydrogen) atoms. The maximum absolute atomic E-state index is 10.1. The molecule has 0 saturated carbocycles. The summed E-state index contributed by atoms with van der Waals surface area (Å²) < 4.78 is 39.1. The molecular formula is C34H70O9. The van der Waals surface area contributed by atoms with E-state index < -0.39 is 0 Å². The number of aliphatic hydroxyl groups is 2. The smallest absolute Gasteiger partial charge is 0.0834 e. The molecule has 2 atom stereocenters. The Morgan fingerprint density at radius 1 is 0.395 bits per heavy atom. The molecule has 0 amide bonds. The number of unbranched alkanes of at least 4 members (excludes halogenated alkanes) is 10. The van der Waals surface area contributed by atoms with Crippen molar-refractivity contribution in [3.05, 3.63) is 0 Å². The molecule has 0 aliphatic carbocycles. The zero-order chi connectivity index (χ0) is 31.3. The monoisotopic (exact) mass is 623 g/mol. The van der Waals surface area contributed by atoms with Crippen LogP contribution in [0.3, 0.4) is 0 Å². The van der Waals surface area contributed by atoms with Gasteiger partial charge in [-0.1, -0.05) is 84.5 Å². The van der Waals surface area contributed by atoms with Gasteiger partial charge in [0.1, 0.15) is 0 Å². The number of hydrogen-bond acceptors (Lipinski definition) is 9. The van der Waals surface area contributed by atoms with E-state index in [-0.39, 0.29) is 19.3 Å². The summed E-state index contributed by atoms with van der Waals surface area (Å²) in [5, 5.41) is 18.7. The second-order valence-corrected chi connectivity index (χ2v) is 11.2. The molecule has 0 spiro atoms. The fourth-order valence-corrected chi connectivity index (χ4v) is 4.88. The molecule has 2 unspecified atom stereocenters. The van der Waals surface area contributed by atoms with Gasteiger partial charge in [-0.05, 0) is 31.6 Å². The quantitative estimate of drug-likeness (QED) is 0.0807. The fourth-order valence-electron chi connectivity index (χ4n) is 4.88. The largest absolute Gasteiger partial charge is 0.394 e. The van der Waals surface area contributed by atoms with Gasteiger partial charge in [0.25, 0.3) is 0 Å². The molecule has 0 bridgehead atoms. The van der Waals surface area contributed by atoms with E-state index in [1.54, 1.807) is 0 Å². The van der Waals surface area contributed by atoms with Gasteiger partial charge >= 0.3 is 0 Å². The molecule has 0 aliphatic heterocycles. The van der Waals surface area contributed by atoms with Crippen LogP contribution >= 0.6 is 0 Å². The zero-order valence-electron chi connectivity index (χ0n) is 28.1. The van der Waals surface area contributed by atoms with Gasteiger partial charge in [-0.2, -0.15) is 0 Å². The van der Waals surface area contributed by atoms with Crippen LogP contribution in [-0.2, 0) is 33.2 Å². The second kappa shape index (κ2) is 37.8. The van der Waals surface area contributed by atoms with Crippen molar-refractivity contribution < 1.29 is 43.4 Å². The van der Waals surface area contributed by atoms with Gasteiger partial charge in [0.15, 0.2) is 0 Å². The summed E-state index contributed by atoms with van der Waals surface area (Å²) in [6.07, 6.45) is 18.5. The Hall–Kier alpha value is -0.360. The first-order chi connectivity index (χ1) is 21.3. The van der Waals surface area contributed by atoms with Crippen LogP contribution in [0.5, 0.6) is 0 Å². The minimum Gasteiger partial charge on any atom is -0.394 e. The molecule has 0 aliphatic rings. The Morgan fingerprint density at radius 2 is 0.791 bits per heavy atom. The molecular weight excluding hydrogens is 552 g/mol. The van der Waals surface area contributed by atoms with E-state index in [0.29, 0.717) is 78.6 Å². The molecule has 9 heteroatoms. The summed E-state index contributed by atoms with van der Waals surface area (Å²) in [4.78, 5) is 0. The van der Waals surface area contributed by atoms with Crippen LogP contribution < -0.4 is 0 Å². The van der Waals surface area contributed by atoms with Gasteiger partial charge in [-0.15, -0.1) is 0 Å². The Balaban J connectivity index is 3.86. The molecule has 0 fully saturated rings. The third-order valence-electron chi connectivity index (χ3n) is 7.42. The van der Waals surface area contributed by atoms with Crippen molar-refractivity contribution in [2.24, 2.45) is 5.92 Å². The van der Waals surface area contributed by atoms with E-state index in [9.17, 15) is 5.11 Å². The van der Waals surface area contributed by atoms with E-state index in [1.165, 1.54) is 70.6 Å². The van der Waals surface area contributed by atoms with Crippen molar-refractivity contribution in [3.63, 3.8) is 0 Å². The van der Waals surface area contributed by atoms with Gasteiger partial charge in [-0.25, -0.2) is 0 Å². The van der Waals surface area contributed by atoms with E-state index in [0.717, 1.165) is 38.9 Å². The lowest BCUT2D eigenvalue weighted by Crippen LogP contribution is -2.30. The third-order valence-corrected chi connectivity index (χ3v) is 7.42. The fraction of sp³-hybridized carbons (Fsp3) is 1.00.